The Hall–Kier alpha value is -1.63. The highest BCUT2D eigenvalue weighted by atomic mass is 127. The van der Waals surface area contributed by atoms with E-state index in [9.17, 15) is 9.59 Å². The minimum atomic E-state index is -0.446. The summed E-state index contributed by atoms with van der Waals surface area (Å²) in [7, 11) is 1.33. The molecule has 0 radical (unpaired) electrons. The molecular formula is C15H14INO3. The lowest BCUT2D eigenvalue weighted by atomic mass is 10.1. The summed E-state index contributed by atoms with van der Waals surface area (Å²) >= 11 is 2.08. The van der Waals surface area contributed by atoms with Crippen LogP contribution in [0.25, 0.3) is 0 Å². The molecule has 2 rings (SSSR count). The van der Waals surface area contributed by atoms with E-state index in [4.69, 9.17) is 4.74 Å². The number of carbonyl (C=O) groups is 2. The fraction of sp³-hybridized carbons (Fsp3) is 0.200. The van der Waals surface area contributed by atoms with E-state index >= 15 is 0 Å². The van der Waals surface area contributed by atoms with Gasteiger partial charge in [-0.15, -0.1) is 0 Å². The summed E-state index contributed by atoms with van der Waals surface area (Å²) in [6.07, 6.45) is 0.752. The van der Waals surface area contributed by atoms with Crippen LogP contribution in [0.3, 0.4) is 0 Å². The number of methoxy groups -OCH3 is 1. The zero-order chi connectivity index (χ0) is 14.7. The number of hydrogen-bond donors (Lipinski definition) is 0. The molecule has 0 amide bonds. The van der Waals surface area contributed by atoms with E-state index in [1.54, 1.807) is 6.07 Å². The van der Waals surface area contributed by atoms with Crippen LogP contribution in [0.15, 0.2) is 36.4 Å². The SMILES string of the molecule is COC(=O)c1cc(C=O)c(I)n1C(C)c1ccccc1. The summed E-state index contributed by atoms with van der Waals surface area (Å²) in [5, 5.41) is 0. The van der Waals surface area contributed by atoms with Gasteiger partial charge in [-0.2, -0.15) is 0 Å². The van der Waals surface area contributed by atoms with E-state index in [-0.39, 0.29) is 6.04 Å². The van der Waals surface area contributed by atoms with Gasteiger partial charge in [0.25, 0.3) is 0 Å². The number of aromatic nitrogens is 1. The van der Waals surface area contributed by atoms with Gasteiger partial charge in [0.05, 0.1) is 16.9 Å². The van der Waals surface area contributed by atoms with Gasteiger partial charge < -0.3 is 9.30 Å². The summed E-state index contributed by atoms with van der Waals surface area (Å²) in [4.78, 5) is 23.0. The lowest BCUT2D eigenvalue weighted by Gasteiger charge is -2.18. The van der Waals surface area contributed by atoms with Crippen molar-refractivity contribution in [3.8, 4) is 0 Å². The average molecular weight is 383 g/mol. The molecule has 0 aliphatic heterocycles. The van der Waals surface area contributed by atoms with Gasteiger partial charge in [0.2, 0.25) is 0 Å². The lowest BCUT2D eigenvalue weighted by Crippen LogP contribution is -2.16. The molecule has 1 heterocycles. The van der Waals surface area contributed by atoms with Gasteiger partial charge in [-0.3, -0.25) is 4.79 Å². The normalized spacial score (nSPS) is 11.9. The monoisotopic (exact) mass is 383 g/mol. The van der Waals surface area contributed by atoms with Crippen LogP contribution in [0.1, 0.15) is 39.4 Å². The number of aldehydes is 1. The molecule has 0 aliphatic rings. The molecule has 0 bridgehead atoms. The van der Waals surface area contributed by atoms with Crippen molar-refractivity contribution in [2.45, 2.75) is 13.0 Å². The van der Waals surface area contributed by atoms with Crippen LogP contribution < -0.4 is 0 Å². The number of hydrogen-bond acceptors (Lipinski definition) is 3. The molecule has 0 aliphatic carbocycles. The highest BCUT2D eigenvalue weighted by molar-refractivity contribution is 14.1. The van der Waals surface area contributed by atoms with Gasteiger partial charge in [-0.1, -0.05) is 30.3 Å². The summed E-state index contributed by atoms with van der Waals surface area (Å²) in [6.45, 7) is 1.98. The Labute approximate surface area is 130 Å². The van der Waals surface area contributed by atoms with Crippen LogP contribution >= 0.6 is 22.6 Å². The van der Waals surface area contributed by atoms with Crippen molar-refractivity contribution in [3.05, 3.63) is 56.9 Å². The molecule has 104 valence electrons. The third-order valence-corrected chi connectivity index (χ3v) is 4.33. The van der Waals surface area contributed by atoms with Crippen LogP contribution in [-0.2, 0) is 4.74 Å². The zero-order valence-corrected chi connectivity index (χ0v) is 13.3. The van der Waals surface area contributed by atoms with Crippen LogP contribution in [0, 0.1) is 3.70 Å². The van der Waals surface area contributed by atoms with Gasteiger partial charge in [0, 0.05) is 5.56 Å². The van der Waals surface area contributed by atoms with E-state index in [1.807, 2.05) is 41.8 Å². The molecule has 0 N–H and O–H groups in total. The molecule has 0 spiro atoms. The Bertz CT molecular complexity index is 634. The Kier molecular flexibility index (Phi) is 4.59. The van der Waals surface area contributed by atoms with Crippen molar-refractivity contribution in [1.29, 1.82) is 0 Å². The van der Waals surface area contributed by atoms with Gasteiger partial charge in [-0.05, 0) is 41.1 Å². The van der Waals surface area contributed by atoms with Crippen molar-refractivity contribution in [3.63, 3.8) is 0 Å². The van der Waals surface area contributed by atoms with E-state index in [2.05, 4.69) is 22.6 Å². The van der Waals surface area contributed by atoms with Crippen molar-refractivity contribution < 1.29 is 14.3 Å². The molecule has 0 saturated heterocycles. The Balaban J connectivity index is 2.57. The highest BCUT2D eigenvalue weighted by Crippen LogP contribution is 2.27. The fourth-order valence-corrected chi connectivity index (χ4v) is 3.09. The second-order valence-electron chi connectivity index (χ2n) is 4.34. The summed E-state index contributed by atoms with van der Waals surface area (Å²) in [5.74, 6) is -0.446. The Morgan fingerprint density at radius 2 is 2.00 bits per heavy atom. The number of esters is 1. The minimum Gasteiger partial charge on any atom is -0.464 e. The van der Waals surface area contributed by atoms with Crippen LogP contribution in [0.2, 0.25) is 0 Å². The topological polar surface area (TPSA) is 48.3 Å². The zero-order valence-electron chi connectivity index (χ0n) is 11.2. The standard InChI is InChI=1S/C15H14INO3/c1-10(11-6-4-3-5-7-11)17-13(15(19)20-2)8-12(9-18)14(17)16/h3-10H,1-2H3. The predicted molar refractivity (Wildman–Crippen MR) is 84.1 cm³/mol. The molecular weight excluding hydrogens is 369 g/mol. The summed E-state index contributed by atoms with van der Waals surface area (Å²) in [5.41, 5.74) is 1.94. The molecule has 5 heteroatoms. The van der Waals surface area contributed by atoms with E-state index in [1.165, 1.54) is 7.11 Å². The number of halogens is 1. The van der Waals surface area contributed by atoms with Crippen LogP contribution in [0.4, 0.5) is 0 Å². The first kappa shape index (κ1) is 14.8. The molecule has 20 heavy (non-hydrogen) atoms. The smallest absolute Gasteiger partial charge is 0.354 e. The van der Waals surface area contributed by atoms with Crippen molar-refractivity contribution in [2.75, 3.05) is 7.11 Å². The number of ether oxygens (including phenoxy) is 1. The Morgan fingerprint density at radius 1 is 1.35 bits per heavy atom. The van der Waals surface area contributed by atoms with E-state index in [0.29, 0.717) is 11.3 Å². The first-order chi connectivity index (χ1) is 9.60. The molecule has 1 unspecified atom stereocenters. The minimum absolute atomic E-state index is 0.0640. The third kappa shape index (κ3) is 2.63. The maximum atomic E-state index is 11.9. The predicted octanol–water partition coefficient (Wildman–Crippen LogP) is 3.30. The quantitative estimate of drug-likeness (QED) is 0.463. The summed E-state index contributed by atoms with van der Waals surface area (Å²) < 4.78 is 7.35. The molecule has 1 atom stereocenters. The fourth-order valence-electron chi connectivity index (χ4n) is 2.12. The van der Waals surface area contributed by atoms with Crippen LogP contribution in [0.5, 0.6) is 0 Å². The molecule has 4 nitrogen and oxygen atoms in total. The van der Waals surface area contributed by atoms with Crippen molar-refractivity contribution >= 4 is 34.8 Å². The molecule has 1 aromatic heterocycles. The number of carbonyl (C=O) groups excluding carboxylic acids is 2. The van der Waals surface area contributed by atoms with Crippen molar-refractivity contribution in [1.82, 2.24) is 4.57 Å². The Morgan fingerprint density at radius 3 is 2.55 bits per heavy atom. The summed E-state index contributed by atoms with van der Waals surface area (Å²) in [6, 6.07) is 11.3. The lowest BCUT2D eigenvalue weighted by molar-refractivity contribution is 0.0587. The number of nitrogens with zero attached hydrogens (tertiary/aromatic N) is 1. The largest absolute Gasteiger partial charge is 0.464 e. The second kappa shape index (κ2) is 6.21. The first-order valence-corrected chi connectivity index (χ1v) is 7.17. The number of rotatable bonds is 4. The average Bonchev–Trinajstić information content (AvgIpc) is 2.83. The third-order valence-electron chi connectivity index (χ3n) is 3.19. The molecule has 0 fully saturated rings. The number of benzene rings is 1. The van der Waals surface area contributed by atoms with Gasteiger partial charge in [-0.25, -0.2) is 4.79 Å². The molecule has 1 aromatic carbocycles. The van der Waals surface area contributed by atoms with Gasteiger partial charge in [0.1, 0.15) is 5.69 Å². The van der Waals surface area contributed by atoms with E-state index < -0.39 is 5.97 Å². The molecule has 2 aromatic rings. The second-order valence-corrected chi connectivity index (χ2v) is 5.36. The maximum absolute atomic E-state index is 11.9. The van der Waals surface area contributed by atoms with Gasteiger partial charge in [0.15, 0.2) is 6.29 Å². The van der Waals surface area contributed by atoms with Crippen LogP contribution in [-0.4, -0.2) is 23.9 Å². The van der Waals surface area contributed by atoms with E-state index in [0.717, 1.165) is 15.6 Å². The maximum Gasteiger partial charge on any atom is 0.354 e. The van der Waals surface area contributed by atoms with Gasteiger partial charge >= 0.3 is 5.97 Å². The highest BCUT2D eigenvalue weighted by Gasteiger charge is 2.23. The molecule has 0 saturated carbocycles. The van der Waals surface area contributed by atoms with Crippen molar-refractivity contribution in [2.24, 2.45) is 0 Å². The first-order valence-electron chi connectivity index (χ1n) is 6.09.